The van der Waals surface area contributed by atoms with Gasteiger partial charge in [-0.2, -0.15) is 0 Å². The van der Waals surface area contributed by atoms with Crippen molar-refractivity contribution in [2.24, 2.45) is 5.73 Å². The molecule has 1 aromatic carbocycles. The molecule has 1 fully saturated rings. The van der Waals surface area contributed by atoms with Gasteiger partial charge in [0.05, 0.1) is 0 Å². The van der Waals surface area contributed by atoms with Crippen molar-refractivity contribution < 1.29 is 0 Å². The van der Waals surface area contributed by atoms with E-state index in [1.807, 2.05) is 0 Å². The minimum atomic E-state index is 0.207. The van der Waals surface area contributed by atoms with Gasteiger partial charge in [-0.05, 0) is 61.6 Å². The van der Waals surface area contributed by atoms with E-state index in [9.17, 15) is 0 Å². The Labute approximate surface area is 91.7 Å². The number of nitrogens with two attached hydrogens (primary N) is 1. The summed E-state index contributed by atoms with van der Waals surface area (Å²) in [5.74, 6) is 0. The average molecular weight is 201 g/mol. The fourth-order valence-electron chi connectivity index (χ4n) is 2.58. The molecule has 0 atom stereocenters. The van der Waals surface area contributed by atoms with E-state index in [-0.39, 0.29) is 5.54 Å². The number of benzene rings is 1. The van der Waals surface area contributed by atoms with Crippen molar-refractivity contribution in [3.63, 3.8) is 0 Å². The van der Waals surface area contributed by atoms with Crippen LogP contribution in [0.4, 0.5) is 0 Å². The van der Waals surface area contributed by atoms with Gasteiger partial charge >= 0.3 is 0 Å². The van der Waals surface area contributed by atoms with Crippen molar-refractivity contribution in [2.75, 3.05) is 0 Å². The molecule has 80 valence electrons. The van der Waals surface area contributed by atoms with E-state index in [1.54, 1.807) is 11.1 Å². The molecule has 0 bridgehead atoms. The molecule has 0 radical (unpaired) electrons. The lowest BCUT2D eigenvalue weighted by atomic mass is 10.0. The number of rotatable bonds is 3. The maximum absolute atomic E-state index is 6.11. The monoisotopic (exact) mass is 201 g/mol. The maximum Gasteiger partial charge on any atom is 0.0158 e. The Kier molecular flexibility index (Phi) is 2.10. The van der Waals surface area contributed by atoms with Crippen molar-refractivity contribution in [3.8, 4) is 0 Å². The van der Waals surface area contributed by atoms with E-state index in [0.29, 0.717) is 0 Å². The van der Waals surface area contributed by atoms with Crippen molar-refractivity contribution in [3.05, 3.63) is 34.9 Å². The molecule has 15 heavy (non-hydrogen) atoms. The van der Waals surface area contributed by atoms with Crippen LogP contribution in [0.2, 0.25) is 0 Å². The molecule has 3 rings (SSSR count). The van der Waals surface area contributed by atoms with Gasteiger partial charge in [0.1, 0.15) is 0 Å². The SMILES string of the molecule is NC1(CCc2ccc3c(c2)CCC3)CC1. The first-order valence-electron chi connectivity index (χ1n) is 6.15. The first-order chi connectivity index (χ1) is 7.25. The second kappa shape index (κ2) is 3.34. The lowest BCUT2D eigenvalue weighted by Gasteiger charge is -2.09. The van der Waals surface area contributed by atoms with Gasteiger partial charge in [-0.25, -0.2) is 0 Å². The third kappa shape index (κ3) is 1.93. The smallest absolute Gasteiger partial charge is 0.0158 e. The predicted octanol–water partition coefficient (Wildman–Crippen LogP) is 2.60. The van der Waals surface area contributed by atoms with Gasteiger partial charge in [-0.15, -0.1) is 0 Å². The standard InChI is InChI=1S/C14H19N/c15-14(8-9-14)7-6-11-4-5-12-2-1-3-13(12)10-11/h4-5,10H,1-3,6-9,15H2. The largest absolute Gasteiger partial charge is 0.325 e. The predicted molar refractivity (Wildman–Crippen MR) is 62.9 cm³/mol. The van der Waals surface area contributed by atoms with Crippen molar-refractivity contribution in [1.29, 1.82) is 0 Å². The Morgan fingerprint density at radius 3 is 2.73 bits per heavy atom. The normalized spacial score (nSPS) is 21.4. The fraction of sp³-hybridized carbons (Fsp3) is 0.571. The summed E-state index contributed by atoms with van der Waals surface area (Å²) in [6.45, 7) is 0. The minimum Gasteiger partial charge on any atom is -0.325 e. The number of fused-ring (bicyclic) bond motifs is 1. The highest BCUT2D eigenvalue weighted by molar-refractivity contribution is 5.35. The molecular weight excluding hydrogens is 182 g/mol. The molecule has 1 saturated carbocycles. The summed E-state index contributed by atoms with van der Waals surface area (Å²) in [5.41, 5.74) is 11.0. The Bertz CT molecular complexity index is 377. The van der Waals surface area contributed by atoms with E-state index in [2.05, 4.69) is 18.2 Å². The van der Waals surface area contributed by atoms with Crippen LogP contribution in [-0.2, 0) is 19.3 Å². The summed E-state index contributed by atoms with van der Waals surface area (Å²) in [6, 6.07) is 7.04. The molecule has 0 amide bonds. The van der Waals surface area contributed by atoms with E-state index in [0.717, 1.165) is 0 Å². The molecule has 0 aromatic heterocycles. The zero-order chi connectivity index (χ0) is 10.3. The zero-order valence-electron chi connectivity index (χ0n) is 9.26. The van der Waals surface area contributed by atoms with E-state index >= 15 is 0 Å². The van der Waals surface area contributed by atoms with Crippen molar-refractivity contribution in [2.45, 2.75) is 50.5 Å². The Morgan fingerprint density at radius 1 is 1.13 bits per heavy atom. The Morgan fingerprint density at radius 2 is 1.93 bits per heavy atom. The molecule has 0 unspecified atom stereocenters. The summed E-state index contributed by atoms with van der Waals surface area (Å²) in [6.07, 6.45) is 8.73. The fourth-order valence-corrected chi connectivity index (χ4v) is 2.58. The van der Waals surface area contributed by atoms with Crippen molar-refractivity contribution in [1.82, 2.24) is 0 Å². The molecule has 0 heterocycles. The minimum absolute atomic E-state index is 0.207. The van der Waals surface area contributed by atoms with E-state index in [1.165, 1.54) is 50.5 Å². The summed E-state index contributed by atoms with van der Waals surface area (Å²) < 4.78 is 0. The topological polar surface area (TPSA) is 26.0 Å². The Balaban J connectivity index is 1.70. The second-order valence-corrected chi connectivity index (χ2v) is 5.32. The van der Waals surface area contributed by atoms with Gasteiger partial charge in [0.15, 0.2) is 0 Å². The van der Waals surface area contributed by atoms with E-state index in [4.69, 9.17) is 5.73 Å². The molecule has 2 aliphatic carbocycles. The third-order valence-electron chi connectivity index (χ3n) is 3.97. The van der Waals surface area contributed by atoms with Gasteiger partial charge in [-0.3, -0.25) is 0 Å². The van der Waals surface area contributed by atoms with Gasteiger partial charge in [0.25, 0.3) is 0 Å². The highest BCUT2D eigenvalue weighted by atomic mass is 14.8. The quantitative estimate of drug-likeness (QED) is 0.799. The van der Waals surface area contributed by atoms with Gasteiger partial charge in [0.2, 0.25) is 0 Å². The average Bonchev–Trinajstić information content (AvgIpc) is 2.80. The van der Waals surface area contributed by atoms with Crippen molar-refractivity contribution >= 4 is 0 Å². The molecule has 0 spiro atoms. The first-order valence-corrected chi connectivity index (χ1v) is 6.15. The molecule has 1 heteroatoms. The Hall–Kier alpha value is -0.820. The molecule has 1 nitrogen and oxygen atoms in total. The lowest BCUT2D eigenvalue weighted by molar-refractivity contribution is 0.609. The molecule has 0 saturated heterocycles. The highest BCUT2D eigenvalue weighted by Gasteiger charge is 2.37. The molecule has 2 aliphatic rings. The summed E-state index contributed by atoms with van der Waals surface area (Å²) in [7, 11) is 0. The van der Waals surface area contributed by atoms with Crippen LogP contribution in [0.3, 0.4) is 0 Å². The first kappa shape index (κ1) is 9.41. The van der Waals surface area contributed by atoms with Gasteiger partial charge in [0, 0.05) is 5.54 Å². The lowest BCUT2D eigenvalue weighted by Crippen LogP contribution is -2.22. The van der Waals surface area contributed by atoms with E-state index < -0.39 is 0 Å². The highest BCUT2D eigenvalue weighted by Crippen LogP contribution is 2.36. The second-order valence-electron chi connectivity index (χ2n) is 5.32. The maximum atomic E-state index is 6.11. The van der Waals surface area contributed by atoms with Gasteiger partial charge < -0.3 is 5.73 Å². The van der Waals surface area contributed by atoms with Gasteiger partial charge in [-0.1, -0.05) is 18.2 Å². The summed E-state index contributed by atoms with van der Waals surface area (Å²) in [4.78, 5) is 0. The van der Waals surface area contributed by atoms with Crippen LogP contribution in [0.15, 0.2) is 18.2 Å². The number of aryl methyl sites for hydroxylation is 3. The molecule has 0 aliphatic heterocycles. The summed E-state index contributed by atoms with van der Waals surface area (Å²) in [5, 5.41) is 0. The molecular formula is C14H19N. The zero-order valence-corrected chi connectivity index (χ0v) is 9.26. The van der Waals surface area contributed by atoms with Crippen LogP contribution in [0.5, 0.6) is 0 Å². The van der Waals surface area contributed by atoms with Crippen LogP contribution in [0.25, 0.3) is 0 Å². The summed E-state index contributed by atoms with van der Waals surface area (Å²) >= 11 is 0. The molecule has 2 N–H and O–H groups in total. The van der Waals surface area contributed by atoms with Crippen LogP contribution in [0.1, 0.15) is 42.4 Å². The molecule has 1 aromatic rings. The van der Waals surface area contributed by atoms with Crippen LogP contribution in [0, 0.1) is 0 Å². The van der Waals surface area contributed by atoms with Crippen LogP contribution < -0.4 is 5.73 Å². The number of hydrogen-bond donors (Lipinski definition) is 1. The number of hydrogen-bond acceptors (Lipinski definition) is 1. The van der Waals surface area contributed by atoms with Crippen LogP contribution in [-0.4, -0.2) is 5.54 Å². The third-order valence-corrected chi connectivity index (χ3v) is 3.97. The van der Waals surface area contributed by atoms with Crippen LogP contribution >= 0.6 is 0 Å².